The van der Waals surface area contributed by atoms with E-state index in [9.17, 15) is 24.0 Å². The SMILES string of the molecule is CC(=O)Nc1ccc(C(=O)COC(=O)c2cccc(CN3C(=O)c4ccccc4C3=O)c2)cc1. The zero-order valence-corrected chi connectivity index (χ0v) is 18.2. The number of amides is 3. The highest BCUT2D eigenvalue weighted by atomic mass is 16.5. The van der Waals surface area contributed by atoms with Gasteiger partial charge in [-0.3, -0.25) is 24.1 Å². The molecule has 4 rings (SSSR count). The van der Waals surface area contributed by atoms with Crippen molar-refractivity contribution in [1.82, 2.24) is 4.90 Å². The van der Waals surface area contributed by atoms with E-state index in [2.05, 4.69) is 5.32 Å². The summed E-state index contributed by atoms with van der Waals surface area (Å²) >= 11 is 0. The third-order valence-electron chi connectivity index (χ3n) is 5.24. The van der Waals surface area contributed by atoms with Crippen LogP contribution in [0.3, 0.4) is 0 Å². The molecule has 3 amide bonds. The minimum atomic E-state index is -0.701. The Morgan fingerprint density at radius 3 is 2.09 bits per heavy atom. The van der Waals surface area contributed by atoms with Gasteiger partial charge in [0.2, 0.25) is 5.91 Å². The van der Waals surface area contributed by atoms with E-state index >= 15 is 0 Å². The minimum absolute atomic E-state index is 0.00699. The number of nitrogens with one attached hydrogen (secondary N) is 1. The van der Waals surface area contributed by atoms with Crippen LogP contribution in [0, 0.1) is 0 Å². The summed E-state index contributed by atoms with van der Waals surface area (Å²) in [6.45, 7) is 0.932. The molecule has 0 fully saturated rings. The zero-order chi connectivity index (χ0) is 24.2. The van der Waals surface area contributed by atoms with Crippen molar-refractivity contribution in [1.29, 1.82) is 0 Å². The zero-order valence-electron chi connectivity index (χ0n) is 18.2. The van der Waals surface area contributed by atoms with Crippen LogP contribution in [-0.2, 0) is 16.1 Å². The van der Waals surface area contributed by atoms with E-state index in [0.717, 1.165) is 4.90 Å². The molecule has 8 nitrogen and oxygen atoms in total. The van der Waals surface area contributed by atoms with E-state index in [-0.39, 0.29) is 29.8 Å². The summed E-state index contributed by atoms with van der Waals surface area (Å²) in [5.74, 6) is -2.09. The van der Waals surface area contributed by atoms with Crippen LogP contribution in [0.25, 0.3) is 0 Å². The molecule has 0 saturated carbocycles. The summed E-state index contributed by atoms with van der Waals surface area (Å²) in [5.41, 5.74) is 2.36. The number of benzene rings is 3. The van der Waals surface area contributed by atoms with Crippen molar-refractivity contribution in [3.05, 3.63) is 101 Å². The maximum absolute atomic E-state index is 12.6. The number of esters is 1. The van der Waals surface area contributed by atoms with Crippen LogP contribution < -0.4 is 5.32 Å². The summed E-state index contributed by atoms with van der Waals surface area (Å²) in [4.78, 5) is 62.2. The number of carbonyl (C=O) groups excluding carboxylic acids is 5. The second-order valence-electron chi connectivity index (χ2n) is 7.70. The van der Waals surface area contributed by atoms with Gasteiger partial charge in [-0.25, -0.2) is 4.79 Å². The van der Waals surface area contributed by atoms with E-state index in [1.165, 1.54) is 31.2 Å². The van der Waals surface area contributed by atoms with Gasteiger partial charge in [-0.2, -0.15) is 0 Å². The number of Topliss-reactive ketones (excluding diaryl/α,β-unsaturated/α-hetero) is 1. The number of carbonyl (C=O) groups is 5. The fraction of sp³-hybridized carbons (Fsp3) is 0.115. The highest BCUT2D eigenvalue weighted by molar-refractivity contribution is 6.21. The smallest absolute Gasteiger partial charge is 0.338 e. The molecule has 1 aliphatic rings. The van der Waals surface area contributed by atoms with E-state index < -0.39 is 18.4 Å². The Balaban J connectivity index is 1.38. The molecule has 8 heteroatoms. The maximum Gasteiger partial charge on any atom is 0.338 e. The topological polar surface area (TPSA) is 110 Å². The van der Waals surface area contributed by atoms with Crippen LogP contribution in [0.4, 0.5) is 5.69 Å². The average molecular weight is 456 g/mol. The van der Waals surface area contributed by atoms with E-state index in [0.29, 0.717) is 27.9 Å². The molecular formula is C26H20N2O6. The lowest BCUT2D eigenvalue weighted by Gasteiger charge is -2.14. The molecule has 0 aromatic heterocycles. The van der Waals surface area contributed by atoms with Crippen molar-refractivity contribution in [2.75, 3.05) is 11.9 Å². The lowest BCUT2D eigenvalue weighted by atomic mass is 10.1. The summed E-state index contributed by atoms with van der Waals surface area (Å²) in [6, 6.07) is 19.2. The number of imide groups is 1. The monoisotopic (exact) mass is 456 g/mol. The lowest BCUT2D eigenvalue weighted by molar-refractivity contribution is -0.114. The molecule has 0 radical (unpaired) electrons. The second kappa shape index (κ2) is 9.50. The number of ether oxygens (including phenoxy) is 1. The Hall–Kier alpha value is -4.59. The van der Waals surface area contributed by atoms with Crippen molar-refractivity contribution in [2.45, 2.75) is 13.5 Å². The van der Waals surface area contributed by atoms with Crippen LogP contribution >= 0.6 is 0 Å². The molecule has 34 heavy (non-hydrogen) atoms. The molecule has 0 atom stereocenters. The van der Waals surface area contributed by atoms with Gasteiger partial charge in [0, 0.05) is 18.2 Å². The summed E-state index contributed by atoms with van der Waals surface area (Å²) in [7, 11) is 0. The normalized spacial score (nSPS) is 12.3. The molecule has 0 aliphatic carbocycles. The molecule has 170 valence electrons. The Labute approximate surface area is 195 Å². The Morgan fingerprint density at radius 2 is 1.47 bits per heavy atom. The lowest BCUT2D eigenvalue weighted by Crippen LogP contribution is -2.29. The Kier molecular flexibility index (Phi) is 6.31. The van der Waals surface area contributed by atoms with E-state index in [1.807, 2.05) is 0 Å². The van der Waals surface area contributed by atoms with Gasteiger partial charge in [-0.05, 0) is 54.1 Å². The van der Waals surface area contributed by atoms with Gasteiger partial charge in [0.15, 0.2) is 12.4 Å². The van der Waals surface area contributed by atoms with Crippen molar-refractivity contribution >= 4 is 35.2 Å². The predicted octanol–water partition coefficient (Wildman–Crippen LogP) is 3.48. The number of rotatable bonds is 7. The maximum atomic E-state index is 12.6. The number of ketones is 1. The van der Waals surface area contributed by atoms with E-state index in [1.54, 1.807) is 48.5 Å². The second-order valence-corrected chi connectivity index (χ2v) is 7.70. The highest BCUT2D eigenvalue weighted by Crippen LogP contribution is 2.24. The van der Waals surface area contributed by atoms with Crippen molar-refractivity contribution < 1.29 is 28.7 Å². The Morgan fingerprint density at radius 1 is 0.824 bits per heavy atom. The first-order chi connectivity index (χ1) is 16.3. The third-order valence-corrected chi connectivity index (χ3v) is 5.24. The first-order valence-electron chi connectivity index (χ1n) is 10.5. The number of nitrogens with zero attached hydrogens (tertiary/aromatic N) is 1. The molecule has 3 aromatic rings. The van der Waals surface area contributed by atoms with Crippen LogP contribution in [0.2, 0.25) is 0 Å². The van der Waals surface area contributed by atoms with Crippen LogP contribution in [0.1, 0.15) is 53.9 Å². The molecule has 1 heterocycles. The van der Waals surface area contributed by atoms with Crippen molar-refractivity contribution in [3.8, 4) is 0 Å². The van der Waals surface area contributed by atoms with Crippen molar-refractivity contribution in [2.24, 2.45) is 0 Å². The highest BCUT2D eigenvalue weighted by Gasteiger charge is 2.35. The summed E-state index contributed by atoms with van der Waals surface area (Å²) < 4.78 is 5.15. The van der Waals surface area contributed by atoms with Gasteiger partial charge in [0.1, 0.15) is 0 Å². The van der Waals surface area contributed by atoms with Gasteiger partial charge in [0.05, 0.1) is 23.2 Å². The van der Waals surface area contributed by atoms with Crippen LogP contribution in [0.15, 0.2) is 72.8 Å². The number of hydrogen-bond acceptors (Lipinski definition) is 6. The first-order valence-corrected chi connectivity index (χ1v) is 10.5. The molecule has 1 aliphatic heterocycles. The predicted molar refractivity (Wildman–Crippen MR) is 122 cm³/mol. The fourth-order valence-electron chi connectivity index (χ4n) is 3.60. The van der Waals surface area contributed by atoms with Crippen LogP contribution in [-0.4, -0.2) is 41.0 Å². The van der Waals surface area contributed by atoms with Gasteiger partial charge in [-0.1, -0.05) is 24.3 Å². The molecule has 0 bridgehead atoms. The number of anilines is 1. The summed E-state index contributed by atoms with van der Waals surface area (Å²) in [5, 5.41) is 2.60. The third kappa shape index (κ3) is 4.75. The van der Waals surface area contributed by atoms with Gasteiger partial charge in [0.25, 0.3) is 11.8 Å². The molecule has 0 spiro atoms. The standard InChI is InChI=1S/C26H20N2O6/c1-16(29)27-20-11-9-18(10-12-20)23(30)15-34-26(33)19-6-4-5-17(13-19)14-28-24(31)21-7-2-3-8-22(21)25(28)32/h2-13H,14-15H2,1H3,(H,27,29). The number of hydrogen-bond donors (Lipinski definition) is 1. The number of fused-ring (bicyclic) bond motifs is 1. The molecule has 1 N–H and O–H groups in total. The van der Waals surface area contributed by atoms with Crippen LogP contribution in [0.5, 0.6) is 0 Å². The Bertz CT molecular complexity index is 1280. The summed E-state index contributed by atoms with van der Waals surface area (Å²) in [6.07, 6.45) is 0. The molecule has 0 saturated heterocycles. The average Bonchev–Trinajstić information content (AvgIpc) is 3.07. The molecular weight excluding hydrogens is 436 g/mol. The molecule has 0 unspecified atom stereocenters. The van der Waals surface area contributed by atoms with Crippen molar-refractivity contribution in [3.63, 3.8) is 0 Å². The van der Waals surface area contributed by atoms with Gasteiger partial charge < -0.3 is 10.1 Å². The van der Waals surface area contributed by atoms with Gasteiger partial charge >= 0.3 is 5.97 Å². The van der Waals surface area contributed by atoms with Gasteiger partial charge in [-0.15, -0.1) is 0 Å². The quantitative estimate of drug-likeness (QED) is 0.331. The fourth-order valence-corrected chi connectivity index (χ4v) is 3.60. The largest absolute Gasteiger partial charge is 0.454 e. The first kappa shape index (κ1) is 22.6. The van der Waals surface area contributed by atoms with E-state index in [4.69, 9.17) is 4.74 Å². The minimum Gasteiger partial charge on any atom is -0.454 e. The molecule has 3 aromatic carbocycles.